The summed E-state index contributed by atoms with van der Waals surface area (Å²) in [7, 11) is 0. The Kier molecular flexibility index (Phi) is 6.38. The smallest absolute Gasteiger partial charge is 0.319 e. The number of aromatic nitrogens is 3. The van der Waals surface area contributed by atoms with Gasteiger partial charge in [-0.25, -0.2) is 13.2 Å². The summed E-state index contributed by atoms with van der Waals surface area (Å²) in [5.41, 5.74) is -0.402. The molecule has 0 unspecified atom stereocenters. The number of terminal acetylenes is 1. The van der Waals surface area contributed by atoms with E-state index in [0.29, 0.717) is 41.5 Å². The molecular formula is C34H32F3N5O2. The van der Waals surface area contributed by atoms with Crippen LogP contribution in [0.4, 0.5) is 19.0 Å². The Hall–Kier alpha value is -4.10. The predicted molar refractivity (Wildman–Crippen MR) is 161 cm³/mol. The van der Waals surface area contributed by atoms with E-state index < -0.39 is 23.3 Å². The van der Waals surface area contributed by atoms with Crippen molar-refractivity contribution in [1.82, 2.24) is 19.9 Å². The Morgan fingerprint density at radius 2 is 2.02 bits per heavy atom. The van der Waals surface area contributed by atoms with Crippen molar-refractivity contribution in [3.8, 4) is 35.4 Å². The van der Waals surface area contributed by atoms with Gasteiger partial charge in [0, 0.05) is 42.7 Å². The second-order valence-electron chi connectivity index (χ2n) is 12.8. The van der Waals surface area contributed by atoms with Gasteiger partial charge >= 0.3 is 6.01 Å². The van der Waals surface area contributed by atoms with Crippen LogP contribution in [0, 0.1) is 29.9 Å². The number of fused-ring (bicyclic) bond motifs is 4. The van der Waals surface area contributed by atoms with Crippen LogP contribution >= 0.6 is 0 Å². The van der Waals surface area contributed by atoms with E-state index in [4.69, 9.17) is 16.1 Å². The van der Waals surface area contributed by atoms with Gasteiger partial charge in [0.2, 0.25) is 0 Å². The number of ether oxygens (including phenoxy) is 1. The number of hydrogen-bond acceptors (Lipinski definition) is 7. The molecule has 1 N–H and O–H groups in total. The summed E-state index contributed by atoms with van der Waals surface area (Å²) in [6.07, 6.45) is 12.8. The first-order chi connectivity index (χ1) is 21.3. The molecule has 4 aromatic rings. The highest BCUT2D eigenvalue weighted by Gasteiger charge is 2.49. The molecule has 0 spiro atoms. The first kappa shape index (κ1) is 27.4. The molecule has 2 aromatic carbocycles. The highest BCUT2D eigenvalue weighted by Crippen LogP contribution is 2.46. The van der Waals surface area contributed by atoms with Gasteiger partial charge in [0.1, 0.15) is 41.4 Å². The molecule has 3 saturated heterocycles. The van der Waals surface area contributed by atoms with Gasteiger partial charge in [-0.05, 0) is 68.2 Å². The van der Waals surface area contributed by atoms with Crippen LogP contribution in [0.5, 0.6) is 11.8 Å². The molecule has 4 aliphatic rings. The van der Waals surface area contributed by atoms with E-state index in [2.05, 4.69) is 25.7 Å². The molecule has 44 heavy (non-hydrogen) atoms. The Morgan fingerprint density at radius 3 is 2.89 bits per heavy atom. The monoisotopic (exact) mass is 599 g/mol. The lowest BCUT2D eigenvalue weighted by Crippen LogP contribution is -2.43. The number of anilines is 1. The quantitative estimate of drug-likeness (QED) is 0.276. The third-order valence-corrected chi connectivity index (χ3v) is 10.1. The first-order valence-corrected chi connectivity index (χ1v) is 15.4. The van der Waals surface area contributed by atoms with Gasteiger partial charge in [0.05, 0.1) is 16.5 Å². The second kappa shape index (κ2) is 10.2. The predicted octanol–water partition coefficient (Wildman–Crippen LogP) is 6.14. The lowest BCUT2D eigenvalue weighted by molar-refractivity contribution is 0.107. The standard InChI is InChI=1S/C34H32F3N5O2/c1-2-23-26(36)8-7-20-12-22(43)14-24(28(20)23)30-29(37)31-25(16-38-30)32(42-11-4-3-6-19-13-27(19)42)40-33(39-31)44-18-34-9-5-10-41(34)17-21(35)15-34/h1,7-8,12,14,16,19,21,27,43H,3-6,9-11,13,15,17-18H2/t19-,21-,27+,34+/m1/s1. The van der Waals surface area contributed by atoms with E-state index in [1.54, 1.807) is 6.20 Å². The number of phenols is 1. The lowest BCUT2D eigenvalue weighted by Gasteiger charge is -2.31. The van der Waals surface area contributed by atoms with Crippen LogP contribution in [-0.4, -0.2) is 69.0 Å². The molecule has 7 nitrogen and oxygen atoms in total. The van der Waals surface area contributed by atoms with Crippen molar-refractivity contribution in [3.63, 3.8) is 0 Å². The summed E-state index contributed by atoms with van der Waals surface area (Å²) in [4.78, 5) is 18.3. The summed E-state index contributed by atoms with van der Waals surface area (Å²) in [5.74, 6) is 2.01. The van der Waals surface area contributed by atoms with Gasteiger partial charge in [-0.1, -0.05) is 18.4 Å². The third-order valence-electron chi connectivity index (χ3n) is 10.1. The molecule has 10 heteroatoms. The van der Waals surface area contributed by atoms with Gasteiger partial charge in [-0.2, -0.15) is 9.97 Å². The molecule has 1 saturated carbocycles. The van der Waals surface area contributed by atoms with Crippen LogP contribution in [0.2, 0.25) is 0 Å². The fraction of sp³-hybridized carbons (Fsp3) is 0.441. The zero-order valence-electron chi connectivity index (χ0n) is 24.2. The molecule has 1 aliphatic carbocycles. The van der Waals surface area contributed by atoms with Crippen molar-refractivity contribution >= 4 is 27.5 Å². The molecule has 226 valence electrons. The molecule has 4 atom stereocenters. The van der Waals surface area contributed by atoms with Crippen molar-refractivity contribution in [2.24, 2.45) is 5.92 Å². The Balaban J connectivity index is 1.28. The molecule has 5 heterocycles. The molecule has 3 aliphatic heterocycles. The Labute approximate surface area is 253 Å². The van der Waals surface area contributed by atoms with E-state index in [0.717, 1.165) is 51.6 Å². The molecule has 0 amide bonds. The topological polar surface area (TPSA) is 74.6 Å². The summed E-state index contributed by atoms with van der Waals surface area (Å²) in [5, 5.41) is 11.7. The molecule has 0 radical (unpaired) electrons. The minimum Gasteiger partial charge on any atom is -0.508 e. The molecule has 0 bridgehead atoms. The summed E-state index contributed by atoms with van der Waals surface area (Å²) < 4.78 is 52.2. The summed E-state index contributed by atoms with van der Waals surface area (Å²) in [6, 6.07) is 5.84. The number of rotatable bonds is 5. The second-order valence-corrected chi connectivity index (χ2v) is 12.8. The third kappa shape index (κ3) is 4.35. The van der Waals surface area contributed by atoms with E-state index in [-0.39, 0.29) is 46.1 Å². The van der Waals surface area contributed by atoms with E-state index >= 15 is 4.39 Å². The number of alkyl halides is 1. The van der Waals surface area contributed by atoms with Gasteiger partial charge < -0.3 is 14.7 Å². The van der Waals surface area contributed by atoms with E-state index in [1.165, 1.54) is 24.3 Å². The van der Waals surface area contributed by atoms with Crippen molar-refractivity contribution in [2.45, 2.75) is 62.7 Å². The summed E-state index contributed by atoms with van der Waals surface area (Å²) in [6.45, 7) is 2.21. The van der Waals surface area contributed by atoms with Crippen molar-refractivity contribution in [3.05, 3.63) is 47.7 Å². The maximum absolute atomic E-state index is 16.8. The van der Waals surface area contributed by atoms with Crippen LogP contribution in [-0.2, 0) is 0 Å². The van der Waals surface area contributed by atoms with Crippen molar-refractivity contribution < 1.29 is 23.0 Å². The normalized spacial score (nSPS) is 26.4. The van der Waals surface area contributed by atoms with E-state index in [9.17, 15) is 13.9 Å². The average Bonchev–Trinajstić information content (AvgIpc) is 3.62. The number of benzene rings is 2. The Morgan fingerprint density at radius 1 is 1.14 bits per heavy atom. The zero-order chi connectivity index (χ0) is 30.2. The number of hydrogen-bond donors (Lipinski definition) is 1. The van der Waals surface area contributed by atoms with Crippen LogP contribution in [0.3, 0.4) is 0 Å². The van der Waals surface area contributed by atoms with E-state index in [1.807, 2.05) is 0 Å². The van der Waals surface area contributed by atoms with Crippen LogP contribution < -0.4 is 9.64 Å². The summed E-state index contributed by atoms with van der Waals surface area (Å²) >= 11 is 0. The van der Waals surface area contributed by atoms with Gasteiger partial charge in [-0.3, -0.25) is 9.88 Å². The zero-order valence-corrected chi connectivity index (χ0v) is 24.2. The number of nitrogens with zero attached hydrogens (tertiary/aromatic N) is 5. The number of pyridine rings is 1. The van der Waals surface area contributed by atoms with Gasteiger partial charge in [-0.15, -0.1) is 6.42 Å². The fourth-order valence-corrected chi connectivity index (χ4v) is 7.93. The van der Waals surface area contributed by atoms with Gasteiger partial charge in [0.25, 0.3) is 0 Å². The lowest BCUT2D eigenvalue weighted by atomic mass is 9.95. The molecule has 2 aromatic heterocycles. The largest absolute Gasteiger partial charge is 0.508 e. The Bertz CT molecular complexity index is 1860. The number of phenolic OH excluding ortho intramolecular Hbond substituents is 1. The number of aromatic hydroxyl groups is 1. The van der Waals surface area contributed by atoms with Crippen molar-refractivity contribution in [1.29, 1.82) is 0 Å². The highest BCUT2D eigenvalue weighted by atomic mass is 19.1. The minimum atomic E-state index is -0.906. The SMILES string of the molecule is C#Cc1c(F)ccc2cc(O)cc(-c3ncc4c(N5CCCC[C@@H]6C[C@@H]65)nc(OC[C@@]56CCCN5C[C@H](F)C6)nc4c3F)c12. The first-order valence-electron chi connectivity index (χ1n) is 15.4. The molecule has 4 fully saturated rings. The van der Waals surface area contributed by atoms with Gasteiger partial charge in [0.15, 0.2) is 5.82 Å². The average molecular weight is 600 g/mol. The van der Waals surface area contributed by atoms with Crippen LogP contribution in [0.25, 0.3) is 32.9 Å². The molecular weight excluding hydrogens is 567 g/mol. The minimum absolute atomic E-state index is 0.0159. The fourth-order valence-electron chi connectivity index (χ4n) is 7.93. The molecule has 8 rings (SSSR count). The van der Waals surface area contributed by atoms with Crippen LogP contribution in [0.1, 0.15) is 50.5 Å². The van der Waals surface area contributed by atoms with Crippen molar-refractivity contribution in [2.75, 3.05) is 31.1 Å². The van der Waals surface area contributed by atoms with Crippen LogP contribution in [0.15, 0.2) is 30.5 Å². The maximum Gasteiger partial charge on any atom is 0.319 e. The maximum atomic E-state index is 16.8. The number of halogens is 3. The highest BCUT2D eigenvalue weighted by molar-refractivity contribution is 6.03.